The Hall–Kier alpha value is -1.56. The Morgan fingerprint density at radius 1 is 1.31 bits per heavy atom. The summed E-state index contributed by atoms with van der Waals surface area (Å²) in [5, 5.41) is 5.20. The van der Waals surface area contributed by atoms with Gasteiger partial charge in [-0.15, -0.1) is 23.7 Å². The largest absolute Gasteiger partial charge is 0.497 e. The number of hydrogen-bond donors (Lipinski definition) is 2. The second-order valence-electron chi connectivity index (χ2n) is 7.05. The van der Waals surface area contributed by atoms with Gasteiger partial charge in [0.1, 0.15) is 5.75 Å². The average molecular weight is 395 g/mol. The lowest BCUT2D eigenvalue weighted by Gasteiger charge is -2.37. The second kappa shape index (κ2) is 8.89. The van der Waals surface area contributed by atoms with Gasteiger partial charge < -0.3 is 15.8 Å². The van der Waals surface area contributed by atoms with Crippen LogP contribution < -0.4 is 15.8 Å². The van der Waals surface area contributed by atoms with E-state index in [0.29, 0.717) is 6.54 Å². The number of thiophene rings is 1. The maximum absolute atomic E-state index is 12.5. The topological polar surface area (TPSA) is 64.3 Å². The van der Waals surface area contributed by atoms with Crippen molar-refractivity contribution in [3.8, 4) is 16.9 Å². The van der Waals surface area contributed by atoms with E-state index in [2.05, 4.69) is 16.8 Å². The zero-order valence-electron chi connectivity index (χ0n) is 15.3. The summed E-state index contributed by atoms with van der Waals surface area (Å²) in [7, 11) is 1.67. The lowest BCUT2D eigenvalue weighted by molar-refractivity contribution is -0.128. The third-order valence-corrected chi connectivity index (χ3v) is 6.02. The summed E-state index contributed by atoms with van der Waals surface area (Å²) < 4.78 is 5.19. The normalized spacial score (nSPS) is 22.3. The molecule has 1 aliphatic carbocycles. The first-order chi connectivity index (χ1) is 12.0. The molecule has 0 bridgehead atoms. The molecule has 26 heavy (non-hydrogen) atoms. The van der Waals surface area contributed by atoms with Gasteiger partial charge >= 0.3 is 0 Å². The Morgan fingerprint density at radius 3 is 2.69 bits per heavy atom. The van der Waals surface area contributed by atoms with E-state index in [4.69, 9.17) is 10.5 Å². The molecule has 4 nitrogen and oxygen atoms in total. The van der Waals surface area contributed by atoms with Crippen molar-refractivity contribution < 1.29 is 9.53 Å². The molecule has 1 fully saturated rings. The summed E-state index contributed by atoms with van der Waals surface area (Å²) in [5.74, 6) is 0.857. The molecule has 3 rings (SSSR count). The van der Waals surface area contributed by atoms with E-state index in [0.717, 1.165) is 41.9 Å². The number of nitrogens with two attached hydrogens (primary N) is 1. The van der Waals surface area contributed by atoms with E-state index in [1.54, 1.807) is 18.4 Å². The molecule has 1 heterocycles. The van der Waals surface area contributed by atoms with Gasteiger partial charge in [-0.05, 0) is 54.5 Å². The van der Waals surface area contributed by atoms with Crippen LogP contribution in [0.15, 0.2) is 35.7 Å². The molecule has 1 amide bonds. The molecule has 0 saturated heterocycles. The van der Waals surface area contributed by atoms with Gasteiger partial charge in [0.2, 0.25) is 5.91 Å². The molecule has 1 aliphatic rings. The molecule has 3 N–H and O–H groups in total. The average Bonchev–Trinajstić information content (AvgIpc) is 3.08. The Bertz CT molecular complexity index is 728. The van der Waals surface area contributed by atoms with Crippen LogP contribution in [0.2, 0.25) is 0 Å². The van der Waals surface area contributed by atoms with E-state index < -0.39 is 0 Å². The van der Waals surface area contributed by atoms with Gasteiger partial charge in [0.15, 0.2) is 0 Å². The third kappa shape index (κ3) is 4.78. The highest BCUT2D eigenvalue weighted by Gasteiger charge is 2.37. The Labute approximate surface area is 165 Å². The van der Waals surface area contributed by atoms with Crippen molar-refractivity contribution in [2.75, 3.05) is 7.11 Å². The molecule has 0 spiro atoms. The van der Waals surface area contributed by atoms with Crippen LogP contribution >= 0.6 is 23.7 Å². The molecule has 142 valence electrons. The van der Waals surface area contributed by atoms with Crippen molar-refractivity contribution in [3.05, 3.63) is 40.6 Å². The van der Waals surface area contributed by atoms with Crippen molar-refractivity contribution in [2.24, 2.45) is 11.7 Å². The van der Waals surface area contributed by atoms with E-state index >= 15 is 0 Å². The van der Waals surface area contributed by atoms with Crippen LogP contribution in [0.4, 0.5) is 0 Å². The molecule has 1 aromatic carbocycles. The third-order valence-electron chi connectivity index (χ3n) is 5.08. The van der Waals surface area contributed by atoms with Gasteiger partial charge in [-0.2, -0.15) is 0 Å². The van der Waals surface area contributed by atoms with Crippen molar-refractivity contribution >= 4 is 29.7 Å². The van der Waals surface area contributed by atoms with Gasteiger partial charge in [0.25, 0.3) is 0 Å². The number of hydrogen-bond acceptors (Lipinski definition) is 4. The summed E-state index contributed by atoms with van der Waals surface area (Å²) in [5.41, 5.74) is 8.26. The summed E-state index contributed by atoms with van der Waals surface area (Å²) in [4.78, 5) is 13.7. The van der Waals surface area contributed by atoms with Gasteiger partial charge in [-0.25, -0.2) is 0 Å². The SMILES string of the molecule is COc1ccc(-c2csc(CNC(=O)C3CCCCC3(C)N)c2)cc1.Cl. The molecule has 0 radical (unpaired) electrons. The number of benzene rings is 1. The van der Waals surface area contributed by atoms with Gasteiger partial charge in [-0.3, -0.25) is 4.79 Å². The lowest BCUT2D eigenvalue weighted by atomic mass is 9.74. The molecule has 2 aromatic rings. The standard InChI is InChI=1S/C20H26N2O2S.ClH/c1-20(21)10-4-3-5-18(20)19(23)22-12-17-11-15(13-25-17)14-6-8-16(24-2)9-7-14;/h6-9,11,13,18H,3-5,10,12,21H2,1-2H3,(H,22,23);1H. The van der Waals surface area contributed by atoms with Crippen LogP contribution in [0.3, 0.4) is 0 Å². The predicted octanol–water partition coefficient (Wildman–Crippen LogP) is 4.37. The van der Waals surface area contributed by atoms with Crippen LogP contribution in [0.5, 0.6) is 5.75 Å². The van der Waals surface area contributed by atoms with E-state index in [9.17, 15) is 4.79 Å². The monoisotopic (exact) mass is 394 g/mol. The van der Waals surface area contributed by atoms with Crippen LogP contribution in [-0.4, -0.2) is 18.6 Å². The molecule has 1 aromatic heterocycles. The maximum Gasteiger partial charge on any atom is 0.225 e. The number of ether oxygens (including phenoxy) is 1. The van der Waals surface area contributed by atoms with Crippen LogP contribution in [-0.2, 0) is 11.3 Å². The van der Waals surface area contributed by atoms with E-state index in [1.165, 1.54) is 5.56 Å². The van der Waals surface area contributed by atoms with Crippen molar-refractivity contribution in [2.45, 2.75) is 44.7 Å². The number of carbonyl (C=O) groups excluding carboxylic acids is 1. The molecule has 2 atom stereocenters. The lowest BCUT2D eigenvalue weighted by Crippen LogP contribution is -2.52. The number of nitrogens with one attached hydrogen (secondary N) is 1. The molecular weight excluding hydrogens is 368 g/mol. The first-order valence-electron chi connectivity index (χ1n) is 8.78. The van der Waals surface area contributed by atoms with Gasteiger partial charge in [-0.1, -0.05) is 25.0 Å². The zero-order valence-corrected chi connectivity index (χ0v) is 16.9. The minimum Gasteiger partial charge on any atom is -0.497 e. The summed E-state index contributed by atoms with van der Waals surface area (Å²) in [6.45, 7) is 2.57. The minimum atomic E-state index is -0.383. The summed E-state index contributed by atoms with van der Waals surface area (Å²) >= 11 is 1.67. The quantitative estimate of drug-likeness (QED) is 0.791. The molecule has 0 aliphatic heterocycles. The van der Waals surface area contributed by atoms with Crippen molar-refractivity contribution in [3.63, 3.8) is 0 Å². The fourth-order valence-corrected chi connectivity index (χ4v) is 4.33. The highest BCUT2D eigenvalue weighted by Crippen LogP contribution is 2.32. The number of carbonyl (C=O) groups is 1. The first-order valence-corrected chi connectivity index (χ1v) is 9.66. The van der Waals surface area contributed by atoms with E-state index in [-0.39, 0.29) is 29.8 Å². The maximum atomic E-state index is 12.5. The Kier molecular flexibility index (Phi) is 7.09. The Balaban J connectivity index is 0.00000243. The number of halogens is 1. The highest BCUT2D eigenvalue weighted by molar-refractivity contribution is 7.10. The number of amides is 1. The van der Waals surface area contributed by atoms with Crippen LogP contribution in [0, 0.1) is 5.92 Å². The first kappa shape index (κ1) is 20.7. The van der Waals surface area contributed by atoms with Gasteiger partial charge in [0, 0.05) is 10.4 Å². The minimum absolute atomic E-state index is 0. The fourth-order valence-electron chi connectivity index (χ4n) is 3.49. The molecular formula is C20H27ClN2O2S. The van der Waals surface area contributed by atoms with Crippen LogP contribution in [0.1, 0.15) is 37.5 Å². The summed E-state index contributed by atoms with van der Waals surface area (Å²) in [6, 6.07) is 10.1. The van der Waals surface area contributed by atoms with E-state index in [1.807, 2.05) is 31.2 Å². The number of rotatable bonds is 5. The van der Waals surface area contributed by atoms with Crippen LogP contribution in [0.25, 0.3) is 11.1 Å². The number of methoxy groups -OCH3 is 1. The Morgan fingerprint density at radius 2 is 2.04 bits per heavy atom. The highest BCUT2D eigenvalue weighted by atomic mass is 35.5. The fraction of sp³-hybridized carbons (Fsp3) is 0.450. The smallest absolute Gasteiger partial charge is 0.225 e. The summed E-state index contributed by atoms with van der Waals surface area (Å²) in [6.07, 6.45) is 4.02. The second-order valence-corrected chi connectivity index (χ2v) is 8.05. The van der Waals surface area contributed by atoms with Crippen molar-refractivity contribution in [1.29, 1.82) is 0 Å². The molecule has 2 unspecified atom stereocenters. The molecule has 1 saturated carbocycles. The van der Waals surface area contributed by atoms with Gasteiger partial charge in [0.05, 0.1) is 19.6 Å². The zero-order chi connectivity index (χ0) is 17.9. The van der Waals surface area contributed by atoms with Crippen molar-refractivity contribution in [1.82, 2.24) is 5.32 Å². The molecule has 6 heteroatoms. The predicted molar refractivity (Wildman–Crippen MR) is 110 cm³/mol.